The Morgan fingerprint density at radius 2 is 1.71 bits per heavy atom. The summed E-state index contributed by atoms with van der Waals surface area (Å²) in [6, 6.07) is 16.2. The van der Waals surface area contributed by atoms with Crippen LogP contribution in [-0.2, 0) is 0 Å². The van der Waals surface area contributed by atoms with Crippen molar-refractivity contribution >= 4 is 11.6 Å². The maximum atomic E-state index is 12.1. The second-order valence-corrected chi connectivity index (χ2v) is 4.32. The Morgan fingerprint density at radius 1 is 0.905 bits per heavy atom. The molecule has 0 atom stereocenters. The van der Waals surface area contributed by atoms with E-state index in [0.717, 1.165) is 5.56 Å². The molecule has 0 aliphatic rings. The Balaban J connectivity index is 2.06. The number of hydrogen-bond donors (Lipinski definition) is 1. The first-order valence-electron chi connectivity index (χ1n) is 6.44. The molecule has 21 heavy (non-hydrogen) atoms. The minimum atomic E-state index is -0.102. The van der Waals surface area contributed by atoms with E-state index in [1.54, 1.807) is 24.5 Å². The molecule has 0 radical (unpaired) electrons. The topological polar surface area (TPSA) is 70.5 Å². The molecular weight excluding hydrogens is 264 g/mol. The lowest BCUT2D eigenvalue weighted by atomic mass is 10.1. The summed E-state index contributed by atoms with van der Waals surface area (Å²) in [6.45, 7) is 0. The van der Waals surface area contributed by atoms with E-state index in [1.807, 2.05) is 36.4 Å². The molecule has 0 spiro atoms. The van der Waals surface area contributed by atoms with E-state index in [2.05, 4.69) is 20.2 Å². The highest BCUT2D eigenvalue weighted by Crippen LogP contribution is 2.25. The van der Waals surface area contributed by atoms with Crippen LogP contribution in [0.2, 0.25) is 0 Å². The van der Waals surface area contributed by atoms with Gasteiger partial charge in [-0.05, 0) is 17.7 Å². The number of pyridine rings is 2. The van der Waals surface area contributed by atoms with E-state index in [-0.39, 0.29) is 5.43 Å². The number of H-pyrrole nitrogens is 1. The van der Waals surface area contributed by atoms with Crippen LogP contribution >= 0.6 is 0 Å². The van der Waals surface area contributed by atoms with Crippen LogP contribution in [0, 0.1) is 0 Å². The molecule has 0 saturated heterocycles. The second-order valence-electron chi connectivity index (χ2n) is 4.32. The van der Waals surface area contributed by atoms with Crippen molar-refractivity contribution in [2.45, 2.75) is 0 Å². The van der Waals surface area contributed by atoms with Crippen molar-refractivity contribution in [2.24, 2.45) is 10.2 Å². The second kappa shape index (κ2) is 5.92. The van der Waals surface area contributed by atoms with E-state index in [4.69, 9.17) is 0 Å². The van der Waals surface area contributed by atoms with Crippen LogP contribution in [0.25, 0.3) is 11.1 Å². The van der Waals surface area contributed by atoms with Crippen LogP contribution in [0.4, 0.5) is 11.6 Å². The first kappa shape index (κ1) is 12.9. The molecule has 0 aliphatic heterocycles. The highest BCUT2D eigenvalue weighted by molar-refractivity contribution is 5.72. The smallest absolute Gasteiger partial charge is 0.191 e. The third kappa shape index (κ3) is 2.92. The molecule has 0 fully saturated rings. The number of aromatic nitrogens is 2. The number of aromatic amines is 1. The fourth-order valence-electron chi connectivity index (χ4n) is 1.95. The van der Waals surface area contributed by atoms with E-state index in [9.17, 15) is 4.79 Å². The van der Waals surface area contributed by atoms with Crippen LogP contribution in [0.3, 0.4) is 0 Å². The van der Waals surface area contributed by atoms with Gasteiger partial charge in [-0.2, -0.15) is 0 Å². The molecule has 0 amide bonds. The third-order valence-electron chi connectivity index (χ3n) is 2.90. The molecule has 2 heterocycles. The molecule has 3 rings (SSSR count). The van der Waals surface area contributed by atoms with Crippen molar-refractivity contribution in [3.63, 3.8) is 0 Å². The summed E-state index contributed by atoms with van der Waals surface area (Å²) in [4.78, 5) is 19.1. The molecule has 5 nitrogen and oxygen atoms in total. The molecule has 0 unspecified atom stereocenters. The summed E-state index contributed by atoms with van der Waals surface area (Å²) < 4.78 is 0. The highest BCUT2D eigenvalue weighted by atomic mass is 16.1. The zero-order valence-corrected chi connectivity index (χ0v) is 11.1. The Labute approximate surface area is 121 Å². The minimum absolute atomic E-state index is 0.102. The number of hydrogen-bond acceptors (Lipinski definition) is 4. The van der Waals surface area contributed by atoms with E-state index >= 15 is 0 Å². The summed E-state index contributed by atoms with van der Waals surface area (Å²) in [5, 5.41) is 8.17. The first-order chi connectivity index (χ1) is 10.3. The number of azo groups is 1. The zero-order valence-electron chi connectivity index (χ0n) is 11.1. The summed E-state index contributed by atoms with van der Waals surface area (Å²) in [6.07, 6.45) is 3.20. The van der Waals surface area contributed by atoms with Gasteiger partial charge in [-0.1, -0.05) is 36.4 Å². The van der Waals surface area contributed by atoms with Gasteiger partial charge < -0.3 is 4.98 Å². The standard InChI is InChI=1S/C16H12N4O/c21-13-9-11-18-16(15(13)12-6-2-1-3-7-12)20-19-14-8-4-5-10-17-14/h1-11H,(H,18,21). The Morgan fingerprint density at radius 3 is 2.48 bits per heavy atom. The molecule has 0 aliphatic carbocycles. The molecule has 0 bridgehead atoms. The van der Waals surface area contributed by atoms with Gasteiger partial charge >= 0.3 is 0 Å². The Bertz CT molecular complexity index is 810. The van der Waals surface area contributed by atoms with E-state index in [0.29, 0.717) is 17.2 Å². The zero-order chi connectivity index (χ0) is 14.5. The molecule has 2 aromatic heterocycles. The van der Waals surface area contributed by atoms with Crippen LogP contribution in [-0.4, -0.2) is 9.97 Å². The van der Waals surface area contributed by atoms with Crippen molar-refractivity contribution in [2.75, 3.05) is 0 Å². The van der Waals surface area contributed by atoms with Gasteiger partial charge in [-0.15, -0.1) is 10.2 Å². The molecule has 5 heteroatoms. The summed E-state index contributed by atoms with van der Waals surface area (Å²) >= 11 is 0. The summed E-state index contributed by atoms with van der Waals surface area (Å²) in [5.41, 5.74) is 1.20. The van der Waals surface area contributed by atoms with Gasteiger partial charge in [0, 0.05) is 18.5 Å². The van der Waals surface area contributed by atoms with Crippen LogP contribution in [0.1, 0.15) is 0 Å². The van der Waals surface area contributed by atoms with Crippen molar-refractivity contribution in [1.82, 2.24) is 9.97 Å². The summed E-state index contributed by atoms with van der Waals surface area (Å²) in [5.74, 6) is 0.903. The number of rotatable bonds is 3. The Hall–Kier alpha value is -3.08. The van der Waals surface area contributed by atoms with Crippen molar-refractivity contribution in [1.29, 1.82) is 0 Å². The molecule has 1 N–H and O–H groups in total. The SMILES string of the molecule is O=c1cc[nH]c(N=Nc2ccccn2)c1-c1ccccc1. The fraction of sp³-hybridized carbons (Fsp3) is 0. The molecule has 1 aromatic carbocycles. The predicted molar refractivity (Wildman–Crippen MR) is 80.9 cm³/mol. The molecule has 102 valence electrons. The van der Waals surface area contributed by atoms with Gasteiger partial charge in [0.25, 0.3) is 0 Å². The van der Waals surface area contributed by atoms with Crippen LogP contribution in [0.15, 0.2) is 82.0 Å². The quantitative estimate of drug-likeness (QED) is 0.738. The highest BCUT2D eigenvalue weighted by Gasteiger charge is 2.08. The third-order valence-corrected chi connectivity index (χ3v) is 2.90. The minimum Gasteiger partial charge on any atom is -0.344 e. The van der Waals surface area contributed by atoms with Crippen molar-refractivity contribution < 1.29 is 0 Å². The summed E-state index contributed by atoms with van der Waals surface area (Å²) in [7, 11) is 0. The molecule has 3 aromatic rings. The normalized spacial score (nSPS) is 10.9. The van der Waals surface area contributed by atoms with Crippen molar-refractivity contribution in [3.05, 3.63) is 77.2 Å². The number of nitrogens with one attached hydrogen (secondary N) is 1. The van der Waals surface area contributed by atoms with Gasteiger partial charge in [0.1, 0.15) is 0 Å². The van der Waals surface area contributed by atoms with Gasteiger partial charge in [0.15, 0.2) is 17.1 Å². The van der Waals surface area contributed by atoms with E-state index in [1.165, 1.54) is 6.07 Å². The van der Waals surface area contributed by atoms with Gasteiger partial charge in [0.2, 0.25) is 0 Å². The molecular formula is C16H12N4O. The monoisotopic (exact) mass is 276 g/mol. The Kier molecular flexibility index (Phi) is 3.64. The van der Waals surface area contributed by atoms with Crippen molar-refractivity contribution in [3.8, 4) is 11.1 Å². The lowest BCUT2D eigenvalue weighted by Crippen LogP contribution is -2.03. The van der Waals surface area contributed by atoms with Gasteiger partial charge in [-0.25, -0.2) is 4.98 Å². The van der Waals surface area contributed by atoms with Gasteiger partial charge in [-0.3, -0.25) is 4.79 Å². The maximum absolute atomic E-state index is 12.1. The fourth-order valence-corrected chi connectivity index (χ4v) is 1.95. The number of benzene rings is 1. The van der Waals surface area contributed by atoms with Crippen LogP contribution < -0.4 is 5.43 Å². The average molecular weight is 276 g/mol. The number of nitrogens with zero attached hydrogens (tertiary/aromatic N) is 3. The van der Waals surface area contributed by atoms with Crippen LogP contribution in [0.5, 0.6) is 0 Å². The first-order valence-corrected chi connectivity index (χ1v) is 6.44. The average Bonchev–Trinajstić information content (AvgIpc) is 2.55. The maximum Gasteiger partial charge on any atom is 0.191 e. The van der Waals surface area contributed by atoms with E-state index < -0.39 is 0 Å². The predicted octanol–water partition coefficient (Wildman–Crippen LogP) is 3.85. The lowest BCUT2D eigenvalue weighted by Gasteiger charge is -2.03. The lowest BCUT2D eigenvalue weighted by molar-refractivity contribution is 1.11. The largest absolute Gasteiger partial charge is 0.344 e. The molecule has 0 saturated carbocycles. The van der Waals surface area contributed by atoms with Gasteiger partial charge in [0.05, 0.1) is 5.56 Å².